The van der Waals surface area contributed by atoms with E-state index in [0.717, 1.165) is 23.5 Å². The molecule has 1 fully saturated rings. The molecule has 0 unspecified atom stereocenters. The molecule has 0 spiro atoms. The second kappa shape index (κ2) is 8.74. The zero-order valence-corrected chi connectivity index (χ0v) is 14.7. The lowest BCUT2D eigenvalue weighted by molar-refractivity contribution is -0.118. The molecular weight excluding hydrogens is 320 g/mol. The predicted octanol–water partition coefficient (Wildman–Crippen LogP) is 4.46. The van der Waals surface area contributed by atoms with Gasteiger partial charge in [-0.1, -0.05) is 42.8 Å². The third kappa shape index (κ3) is 4.51. The smallest absolute Gasteiger partial charge is 0.227 e. The third-order valence-corrected chi connectivity index (χ3v) is 4.70. The largest absolute Gasteiger partial charge is 0.399 e. The molecule has 0 aliphatic heterocycles. The van der Waals surface area contributed by atoms with Crippen molar-refractivity contribution in [3.8, 4) is 0 Å². The van der Waals surface area contributed by atoms with Gasteiger partial charge in [0.25, 0.3) is 0 Å². The second-order valence-electron chi connectivity index (χ2n) is 6.34. The number of hydrogen-bond acceptors (Lipinski definition) is 2. The molecule has 3 rings (SSSR count). The fourth-order valence-electron chi connectivity index (χ4n) is 3.03. The maximum atomic E-state index is 12.8. The Labute approximate surface area is 150 Å². The fourth-order valence-corrected chi connectivity index (χ4v) is 3.03. The summed E-state index contributed by atoms with van der Waals surface area (Å²) in [6.45, 7) is 0.840. The van der Waals surface area contributed by atoms with Crippen LogP contribution in [0.4, 0.5) is 11.4 Å². The topological polar surface area (TPSA) is 46.3 Å². The van der Waals surface area contributed by atoms with Crippen molar-refractivity contribution in [3.63, 3.8) is 0 Å². The van der Waals surface area contributed by atoms with E-state index in [1.54, 1.807) is 0 Å². The Morgan fingerprint density at radius 1 is 1.04 bits per heavy atom. The van der Waals surface area contributed by atoms with Gasteiger partial charge in [0.2, 0.25) is 5.91 Å². The number of amides is 1. The second-order valence-corrected chi connectivity index (χ2v) is 6.34. The normalized spacial score (nSPS) is 13.7. The highest BCUT2D eigenvalue weighted by molar-refractivity contribution is 5.93. The molecule has 0 heterocycles. The van der Waals surface area contributed by atoms with Crippen molar-refractivity contribution in [1.29, 1.82) is 0 Å². The number of hydrogen-bond donors (Lipinski definition) is 1. The number of anilines is 2. The van der Waals surface area contributed by atoms with E-state index in [2.05, 4.69) is 0 Å². The fraction of sp³-hybridized carbons (Fsp3) is 0.350. The number of carbonyl (C=O) groups is 1. The summed E-state index contributed by atoms with van der Waals surface area (Å²) in [5.74, 6) is 0.840. The molecule has 1 aliphatic carbocycles. The van der Waals surface area contributed by atoms with Crippen molar-refractivity contribution in [2.45, 2.75) is 32.1 Å². The summed E-state index contributed by atoms with van der Waals surface area (Å²) in [5, 5.41) is 0. The van der Waals surface area contributed by atoms with Crippen LogP contribution in [0.3, 0.4) is 0 Å². The van der Waals surface area contributed by atoms with E-state index < -0.39 is 0 Å². The maximum Gasteiger partial charge on any atom is 0.227 e. The molecule has 4 heteroatoms. The van der Waals surface area contributed by atoms with Gasteiger partial charge in [-0.2, -0.15) is 0 Å². The number of nitrogens with two attached hydrogens (primary N) is 1. The van der Waals surface area contributed by atoms with Crippen LogP contribution in [0.25, 0.3) is 0 Å². The van der Waals surface area contributed by atoms with Crippen LogP contribution in [0, 0.1) is 5.92 Å². The first kappa shape index (κ1) is 18.3. The minimum absolute atomic E-state index is 0. The minimum atomic E-state index is 0. The number of carbonyl (C=O) groups excluding carboxylic acids is 1. The monoisotopic (exact) mass is 344 g/mol. The van der Waals surface area contributed by atoms with E-state index in [-0.39, 0.29) is 18.3 Å². The van der Waals surface area contributed by atoms with Gasteiger partial charge in [-0.05, 0) is 48.9 Å². The molecule has 0 saturated heterocycles. The molecule has 1 amide bonds. The predicted molar refractivity (Wildman–Crippen MR) is 103 cm³/mol. The van der Waals surface area contributed by atoms with Gasteiger partial charge in [0.1, 0.15) is 0 Å². The van der Waals surface area contributed by atoms with Crippen molar-refractivity contribution in [2.24, 2.45) is 5.92 Å². The summed E-state index contributed by atoms with van der Waals surface area (Å²) < 4.78 is 0. The first-order valence-electron chi connectivity index (χ1n) is 8.43. The highest BCUT2D eigenvalue weighted by Gasteiger charge is 2.24. The van der Waals surface area contributed by atoms with Gasteiger partial charge in [-0.25, -0.2) is 0 Å². The number of para-hydroxylation sites is 2. The van der Waals surface area contributed by atoms with E-state index >= 15 is 0 Å². The van der Waals surface area contributed by atoms with Crippen molar-refractivity contribution >= 4 is 29.7 Å². The summed E-state index contributed by atoms with van der Waals surface area (Å²) in [6.07, 6.45) is 4.96. The van der Waals surface area contributed by atoms with Gasteiger partial charge in [0, 0.05) is 24.3 Å². The average molecular weight is 345 g/mol. The Morgan fingerprint density at radius 3 is 2.33 bits per heavy atom. The molecule has 2 N–H and O–H groups in total. The molecular formula is C20H25ClN2O. The van der Waals surface area contributed by atoms with E-state index in [9.17, 15) is 4.79 Å². The maximum absolute atomic E-state index is 12.8. The number of halogens is 1. The summed E-state index contributed by atoms with van der Waals surface area (Å²) in [4.78, 5) is 14.8. The van der Waals surface area contributed by atoms with Crippen LogP contribution in [0.2, 0.25) is 0 Å². The molecule has 128 valence electrons. The lowest BCUT2D eigenvalue weighted by atomic mass is 9.85. The number of benzene rings is 2. The lowest BCUT2D eigenvalue weighted by Crippen LogP contribution is -2.37. The molecule has 1 aliphatic rings. The quantitative estimate of drug-likeness (QED) is 0.786. The number of nitrogens with zero attached hydrogens (tertiary/aromatic N) is 1. The van der Waals surface area contributed by atoms with Crippen LogP contribution >= 0.6 is 12.4 Å². The van der Waals surface area contributed by atoms with Crippen molar-refractivity contribution < 1.29 is 4.79 Å². The Morgan fingerprint density at radius 2 is 1.71 bits per heavy atom. The van der Waals surface area contributed by atoms with Crippen LogP contribution in [-0.4, -0.2) is 12.5 Å². The minimum Gasteiger partial charge on any atom is -0.399 e. The zero-order valence-electron chi connectivity index (χ0n) is 13.9. The first-order chi connectivity index (χ1) is 11.2. The molecule has 1 saturated carbocycles. The van der Waals surface area contributed by atoms with Crippen LogP contribution in [0.15, 0.2) is 54.6 Å². The Kier molecular flexibility index (Phi) is 6.68. The van der Waals surface area contributed by atoms with Crippen molar-refractivity contribution in [1.82, 2.24) is 0 Å². The molecule has 2 aromatic rings. The van der Waals surface area contributed by atoms with Crippen LogP contribution < -0.4 is 10.6 Å². The summed E-state index contributed by atoms with van der Waals surface area (Å²) in [6, 6.07) is 17.8. The molecule has 24 heavy (non-hydrogen) atoms. The number of nitrogen functional groups attached to an aromatic ring is 1. The average Bonchev–Trinajstić information content (AvgIpc) is 2.54. The van der Waals surface area contributed by atoms with Gasteiger partial charge in [0.05, 0.1) is 0 Å². The van der Waals surface area contributed by atoms with E-state index in [0.29, 0.717) is 18.8 Å². The highest BCUT2D eigenvalue weighted by Crippen LogP contribution is 2.29. The van der Waals surface area contributed by atoms with Gasteiger partial charge in [-0.15, -0.1) is 12.4 Å². The summed E-state index contributed by atoms with van der Waals surface area (Å²) in [7, 11) is 0. The van der Waals surface area contributed by atoms with E-state index in [4.69, 9.17) is 5.73 Å². The van der Waals surface area contributed by atoms with Gasteiger partial charge < -0.3 is 10.6 Å². The standard InChI is InChI=1S/C20H24N2O.ClH/c21-19-12-5-4-9-17(19)13-14-20(23)22(15-16-7-6-8-16)18-10-2-1-3-11-18;/h1-5,9-12,16H,6-8,13-15,21H2;1H. The SMILES string of the molecule is Cl.Nc1ccccc1CCC(=O)N(CC1CCC1)c1ccccc1. The van der Waals surface area contributed by atoms with Crippen molar-refractivity contribution in [3.05, 3.63) is 60.2 Å². The van der Waals surface area contributed by atoms with Crippen LogP contribution in [0.1, 0.15) is 31.2 Å². The number of aryl methyl sites for hydroxylation is 1. The Hall–Kier alpha value is -2.00. The number of rotatable bonds is 6. The van der Waals surface area contributed by atoms with Gasteiger partial charge in [0.15, 0.2) is 0 Å². The summed E-state index contributed by atoms with van der Waals surface area (Å²) in [5.41, 5.74) is 8.81. The highest BCUT2D eigenvalue weighted by atomic mass is 35.5. The lowest BCUT2D eigenvalue weighted by Gasteiger charge is -2.32. The van der Waals surface area contributed by atoms with Crippen LogP contribution in [-0.2, 0) is 11.2 Å². The van der Waals surface area contributed by atoms with Gasteiger partial charge in [-0.3, -0.25) is 4.79 Å². The summed E-state index contributed by atoms with van der Waals surface area (Å²) >= 11 is 0. The molecule has 0 atom stereocenters. The first-order valence-corrected chi connectivity index (χ1v) is 8.43. The van der Waals surface area contributed by atoms with E-state index in [1.165, 1.54) is 19.3 Å². The molecule has 0 aromatic heterocycles. The van der Waals surface area contributed by atoms with E-state index in [1.807, 2.05) is 59.5 Å². The van der Waals surface area contributed by atoms with Crippen molar-refractivity contribution in [2.75, 3.05) is 17.2 Å². The third-order valence-electron chi connectivity index (χ3n) is 4.70. The molecule has 0 radical (unpaired) electrons. The molecule has 0 bridgehead atoms. The molecule has 2 aromatic carbocycles. The van der Waals surface area contributed by atoms with Crippen LogP contribution in [0.5, 0.6) is 0 Å². The van der Waals surface area contributed by atoms with Gasteiger partial charge >= 0.3 is 0 Å². The molecule has 3 nitrogen and oxygen atoms in total. The Balaban J connectivity index is 0.00000208. The zero-order chi connectivity index (χ0) is 16.1. The Bertz CT molecular complexity index is 656.